The predicted octanol–water partition coefficient (Wildman–Crippen LogP) is 3.59. The van der Waals surface area contributed by atoms with E-state index in [2.05, 4.69) is 27.4 Å². The van der Waals surface area contributed by atoms with Gasteiger partial charge in [-0.25, -0.2) is 0 Å². The Morgan fingerprint density at radius 3 is 2.73 bits per heavy atom. The van der Waals surface area contributed by atoms with Gasteiger partial charge in [-0.3, -0.25) is 4.79 Å². The molecule has 0 saturated carbocycles. The Kier molecular flexibility index (Phi) is 3.72. The van der Waals surface area contributed by atoms with E-state index in [0.717, 1.165) is 30.8 Å². The molecular weight excluding hydrogens is 188 g/mol. The molecule has 0 fully saturated rings. The van der Waals surface area contributed by atoms with Gasteiger partial charge in [0.15, 0.2) is 5.78 Å². The molecule has 1 aliphatic carbocycles. The molecule has 0 aliphatic heterocycles. The predicted molar refractivity (Wildman–Crippen MR) is 61.2 cm³/mol. The highest BCUT2D eigenvalue weighted by Crippen LogP contribution is 2.34. The molecule has 0 amide bonds. The summed E-state index contributed by atoms with van der Waals surface area (Å²) in [6.45, 7) is 10.1. The van der Waals surface area contributed by atoms with Crippen LogP contribution in [-0.4, -0.2) is 5.78 Å². The summed E-state index contributed by atoms with van der Waals surface area (Å²) in [7, 11) is 0. The molecule has 1 rings (SSSR count). The second-order valence-corrected chi connectivity index (χ2v) is 4.99. The number of ether oxygens (including phenoxy) is 1. The lowest BCUT2D eigenvalue weighted by Crippen LogP contribution is -2.22. The zero-order chi connectivity index (χ0) is 11.5. The van der Waals surface area contributed by atoms with Gasteiger partial charge in [-0.05, 0) is 11.8 Å². The third-order valence-electron chi connectivity index (χ3n) is 2.43. The van der Waals surface area contributed by atoms with E-state index in [1.807, 2.05) is 0 Å². The number of hydrogen-bond donors (Lipinski definition) is 0. The molecule has 0 aromatic rings. The molecule has 84 valence electrons. The molecule has 1 aliphatic rings. The SMILES string of the molecule is C=C(CCC)OC1=CC(=O)CC(C)(C)C1. The Morgan fingerprint density at radius 2 is 2.20 bits per heavy atom. The molecule has 0 N–H and O–H groups in total. The molecule has 0 heterocycles. The van der Waals surface area contributed by atoms with Gasteiger partial charge in [0.25, 0.3) is 0 Å². The Hall–Kier alpha value is -1.05. The van der Waals surface area contributed by atoms with Crippen LogP contribution in [0.3, 0.4) is 0 Å². The van der Waals surface area contributed by atoms with Crippen LogP contribution < -0.4 is 0 Å². The molecule has 15 heavy (non-hydrogen) atoms. The Labute approximate surface area is 92.0 Å². The topological polar surface area (TPSA) is 26.3 Å². The van der Waals surface area contributed by atoms with Gasteiger partial charge in [0.2, 0.25) is 0 Å². The largest absolute Gasteiger partial charge is 0.467 e. The molecule has 0 spiro atoms. The maximum Gasteiger partial charge on any atom is 0.159 e. The fourth-order valence-corrected chi connectivity index (χ4v) is 1.87. The molecular formula is C13H20O2. The number of carbonyl (C=O) groups excluding carboxylic acids is 1. The van der Waals surface area contributed by atoms with Crippen LogP contribution >= 0.6 is 0 Å². The minimum atomic E-state index is 0.0215. The van der Waals surface area contributed by atoms with Crippen molar-refractivity contribution in [2.24, 2.45) is 5.41 Å². The van der Waals surface area contributed by atoms with E-state index in [0.29, 0.717) is 6.42 Å². The fourth-order valence-electron chi connectivity index (χ4n) is 1.87. The lowest BCUT2D eigenvalue weighted by atomic mass is 9.79. The van der Waals surface area contributed by atoms with Gasteiger partial charge >= 0.3 is 0 Å². The lowest BCUT2D eigenvalue weighted by molar-refractivity contribution is -0.117. The third kappa shape index (κ3) is 3.90. The summed E-state index contributed by atoms with van der Waals surface area (Å²) in [5, 5.41) is 0. The summed E-state index contributed by atoms with van der Waals surface area (Å²) in [5.74, 6) is 1.69. The first kappa shape index (κ1) is 12.0. The summed E-state index contributed by atoms with van der Waals surface area (Å²) in [5.41, 5.74) is 0.0215. The van der Waals surface area contributed by atoms with Crippen LogP contribution in [0, 0.1) is 5.41 Å². The molecule has 2 heteroatoms. The van der Waals surface area contributed by atoms with Crippen LogP contribution in [0.2, 0.25) is 0 Å². The van der Waals surface area contributed by atoms with Crippen molar-refractivity contribution in [1.29, 1.82) is 0 Å². The van der Waals surface area contributed by atoms with Gasteiger partial charge < -0.3 is 4.74 Å². The Balaban J connectivity index is 2.62. The highest BCUT2D eigenvalue weighted by atomic mass is 16.5. The summed E-state index contributed by atoms with van der Waals surface area (Å²) in [6.07, 6.45) is 4.92. The van der Waals surface area contributed by atoms with Gasteiger partial charge in [0.05, 0.1) is 5.76 Å². The van der Waals surface area contributed by atoms with E-state index in [1.165, 1.54) is 0 Å². The monoisotopic (exact) mass is 208 g/mol. The van der Waals surface area contributed by atoms with Crippen molar-refractivity contribution in [3.63, 3.8) is 0 Å². The molecule has 0 aromatic carbocycles. The molecule has 0 unspecified atom stereocenters. The number of allylic oxidation sites excluding steroid dienone is 3. The van der Waals surface area contributed by atoms with E-state index in [9.17, 15) is 4.79 Å². The Morgan fingerprint density at radius 1 is 1.53 bits per heavy atom. The van der Waals surface area contributed by atoms with Gasteiger partial charge in [-0.15, -0.1) is 0 Å². The van der Waals surface area contributed by atoms with Crippen molar-refractivity contribution in [1.82, 2.24) is 0 Å². The van der Waals surface area contributed by atoms with Gasteiger partial charge in [-0.1, -0.05) is 27.4 Å². The first-order valence-corrected chi connectivity index (χ1v) is 5.52. The average molecular weight is 208 g/mol. The van der Waals surface area contributed by atoms with Crippen molar-refractivity contribution in [2.75, 3.05) is 0 Å². The third-order valence-corrected chi connectivity index (χ3v) is 2.43. The van der Waals surface area contributed by atoms with Crippen LogP contribution in [0.15, 0.2) is 24.2 Å². The standard InChI is InChI=1S/C13H20O2/c1-5-6-10(2)15-12-7-11(14)8-13(3,4)9-12/h7H,2,5-6,8-9H2,1,3-4H3. The minimum Gasteiger partial charge on any atom is -0.467 e. The van der Waals surface area contributed by atoms with E-state index in [-0.39, 0.29) is 11.2 Å². The van der Waals surface area contributed by atoms with Gasteiger partial charge in [0, 0.05) is 25.3 Å². The van der Waals surface area contributed by atoms with E-state index in [4.69, 9.17) is 4.74 Å². The summed E-state index contributed by atoms with van der Waals surface area (Å²) >= 11 is 0. The molecule has 0 aromatic heterocycles. The van der Waals surface area contributed by atoms with Crippen molar-refractivity contribution in [2.45, 2.75) is 46.5 Å². The maximum atomic E-state index is 11.4. The molecule has 0 radical (unpaired) electrons. The molecule has 0 saturated heterocycles. The number of carbonyl (C=O) groups is 1. The Bertz CT molecular complexity index is 298. The zero-order valence-corrected chi connectivity index (χ0v) is 9.93. The van der Waals surface area contributed by atoms with Crippen molar-refractivity contribution in [3.05, 3.63) is 24.2 Å². The van der Waals surface area contributed by atoms with Gasteiger partial charge in [-0.2, -0.15) is 0 Å². The maximum absolute atomic E-state index is 11.4. The number of hydrogen-bond acceptors (Lipinski definition) is 2. The smallest absolute Gasteiger partial charge is 0.159 e. The van der Waals surface area contributed by atoms with Crippen LogP contribution in [0.1, 0.15) is 46.5 Å². The van der Waals surface area contributed by atoms with Crippen molar-refractivity contribution in [3.8, 4) is 0 Å². The molecule has 2 nitrogen and oxygen atoms in total. The number of ketones is 1. The van der Waals surface area contributed by atoms with Gasteiger partial charge in [0.1, 0.15) is 5.76 Å². The van der Waals surface area contributed by atoms with E-state index >= 15 is 0 Å². The highest BCUT2D eigenvalue weighted by Gasteiger charge is 2.28. The van der Waals surface area contributed by atoms with Crippen LogP contribution in [0.4, 0.5) is 0 Å². The van der Waals surface area contributed by atoms with E-state index < -0.39 is 0 Å². The highest BCUT2D eigenvalue weighted by molar-refractivity contribution is 5.91. The quantitative estimate of drug-likeness (QED) is 0.660. The minimum absolute atomic E-state index is 0.0215. The zero-order valence-electron chi connectivity index (χ0n) is 9.93. The number of rotatable bonds is 4. The summed E-state index contributed by atoms with van der Waals surface area (Å²) < 4.78 is 5.58. The van der Waals surface area contributed by atoms with Crippen LogP contribution in [0.25, 0.3) is 0 Å². The first-order valence-electron chi connectivity index (χ1n) is 5.52. The first-order chi connectivity index (χ1) is 6.93. The second kappa shape index (κ2) is 4.65. The fraction of sp³-hybridized carbons (Fsp3) is 0.615. The second-order valence-electron chi connectivity index (χ2n) is 4.99. The lowest BCUT2D eigenvalue weighted by Gasteiger charge is -2.28. The van der Waals surface area contributed by atoms with Crippen LogP contribution in [0.5, 0.6) is 0 Å². The van der Waals surface area contributed by atoms with Crippen LogP contribution in [-0.2, 0) is 9.53 Å². The summed E-state index contributed by atoms with van der Waals surface area (Å²) in [6, 6.07) is 0. The normalized spacial score (nSPS) is 19.7. The molecule has 0 atom stereocenters. The molecule has 0 bridgehead atoms. The summed E-state index contributed by atoms with van der Waals surface area (Å²) in [4.78, 5) is 11.4. The van der Waals surface area contributed by atoms with E-state index in [1.54, 1.807) is 6.08 Å². The van der Waals surface area contributed by atoms with Crippen molar-refractivity contribution >= 4 is 5.78 Å². The average Bonchev–Trinajstić information content (AvgIpc) is 1.99. The van der Waals surface area contributed by atoms with Crippen molar-refractivity contribution < 1.29 is 9.53 Å².